The van der Waals surface area contributed by atoms with Crippen molar-refractivity contribution in [3.05, 3.63) is 65.5 Å². The molecule has 0 amide bonds. The molecule has 0 saturated heterocycles. The Balaban J connectivity index is 1.91. The van der Waals surface area contributed by atoms with Gasteiger partial charge in [0, 0.05) is 16.7 Å². The summed E-state index contributed by atoms with van der Waals surface area (Å²) in [6.45, 7) is 1.96. The van der Waals surface area contributed by atoms with Gasteiger partial charge in [-0.3, -0.25) is 0 Å². The Labute approximate surface area is 136 Å². The number of aromatic nitrogens is 2. The van der Waals surface area contributed by atoms with Crippen molar-refractivity contribution < 1.29 is 4.74 Å². The molecule has 0 atom stereocenters. The number of ether oxygens (including phenoxy) is 1. The number of fused-ring (bicyclic) bond motifs is 3. The average molecular weight is 302 g/mol. The molecule has 0 radical (unpaired) electrons. The van der Waals surface area contributed by atoms with Gasteiger partial charge in [-0.15, -0.1) is 0 Å². The third kappa shape index (κ3) is 2.38. The van der Waals surface area contributed by atoms with Crippen LogP contribution in [0, 0.1) is 6.92 Å². The minimum Gasteiger partial charge on any atom is -0.497 e. The molecule has 0 fully saturated rings. The number of nitrogens with zero attached hydrogens (tertiary/aromatic N) is 2. The third-order valence-electron chi connectivity index (χ3n) is 4.40. The Morgan fingerprint density at radius 1 is 0.870 bits per heavy atom. The molecule has 0 N–H and O–H groups in total. The first kappa shape index (κ1) is 13.9. The van der Waals surface area contributed by atoms with E-state index < -0.39 is 0 Å². The smallest absolute Gasteiger partial charge is 0.126 e. The second kappa shape index (κ2) is 5.51. The highest BCUT2D eigenvalue weighted by Crippen LogP contribution is 2.36. The fourth-order valence-electron chi connectivity index (χ4n) is 3.27. The van der Waals surface area contributed by atoms with E-state index in [0.717, 1.165) is 41.4 Å². The molecule has 1 heterocycles. The SMILES string of the molecule is COc1ccc(-c2nc(C)nc3c2CCc2ccccc2-3)cc1. The van der Waals surface area contributed by atoms with Crippen molar-refractivity contribution >= 4 is 0 Å². The average Bonchev–Trinajstić information content (AvgIpc) is 2.61. The molecule has 1 aromatic heterocycles. The number of hydrogen-bond donors (Lipinski definition) is 0. The molecule has 0 aliphatic heterocycles. The Morgan fingerprint density at radius 2 is 1.61 bits per heavy atom. The summed E-state index contributed by atoms with van der Waals surface area (Å²) < 4.78 is 5.26. The van der Waals surface area contributed by atoms with Crippen LogP contribution in [0.5, 0.6) is 5.75 Å². The van der Waals surface area contributed by atoms with Crippen LogP contribution in [-0.4, -0.2) is 17.1 Å². The summed E-state index contributed by atoms with van der Waals surface area (Å²) >= 11 is 0. The van der Waals surface area contributed by atoms with Crippen LogP contribution in [0.2, 0.25) is 0 Å². The number of hydrogen-bond acceptors (Lipinski definition) is 3. The van der Waals surface area contributed by atoms with E-state index in [1.54, 1.807) is 7.11 Å². The van der Waals surface area contributed by atoms with E-state index >= 15 is 0 Å². The van der Waals surface area contributed by atoms with Crippen molar-refractivity contribution in [3.8, 4) is 28.3 Å². The summed E-state index contributed by atoms with van der Waals surface area (Å²) in [5, 5.41) is 0. The van der Waals surface area contributed by atoms with Crippen LogP contribution in [0.25, 0.3) is 22.5 Å². The molecule has 3 nitrogen and oxygen atoms in total. The number of benzene rings is 2. The maximum atomic E-state index is 5.26. The molecule has 0 bridgehead atoms. The largest absolute Gasteiger partial charge is 0.497 e. The molecule has 3 aromatic rings. The van der Waals surface area contributed by atoms with Gasteiger partial charge < -0.3 is 4.74 Å². The standard InChI is InChI=1S/C20H18N2O/c1-13-21-19(15-7-10-16(23-2)11-8-15)18-12-9-14-5-3-4-6-17(14)20(18)22-13/h3-8,10-11H,9,12H2,1-2H3. The molecule has 2 aromatic carbocycles. The van der Waals surface area contributed by atoms with Gasteiger partial charge in [-0.25, -0.2) is 9.97 Å². The lowest BCUT2D eigenvalue weighted by Crippen LogP contribution is -2.10. The van der Waals surface area contributed by atoms with Crippen LogP contribution in [0.4, 0.5) is 0 Å². The topological polar surface area (TPSA) is 35.0 Å². The van der Waals surface area contributed by atoms with E-state index in [9.17, 15) is 0 Å². The molecule has 0 saturated carbocycles. The maximum Gasteiger partial charge on any atom is 0.126 e. The van der Waals surface area contributed by atoms with Crippen LogP contribution < -0.4 is 4.74 Å². The lowest BCUT2D eigenvalue weighted by atomic mass is 9.87. The molecule has 1 aliphatic carbocycles. The second-order valence-corrected chi connectivity index (χ2v) is 5.83. The van der Waals surface area contributed by atoms with Crippen LogP contribution in [-0.2, 0) is 12.8 Å². The normalized spacial score (nSPS) is 12.4. The molecule has 3 heteroatoms. The molecule has 0 unspecified atom stereocenters. The maximum absolute atomic E-state index is 5.26. The summed E-state index contributed by atoms with van der Waals surface area (Å²) in [5.41, 5.74) is 7.12. The molecule has 114 valence electrons. The van der Waals surface area contributed by atoms with Gasteiger partial charge in [-0.1, -0.05) is 24.3 Å². The summed E-state index contributed by atoms with van der Waals surface area (Å²) in [6, 6.07) is 16.6. The van der Waals surface area contributed by atoms with Crippen molar-refractivity contribution in [1.82, 2.24) is 9.97 Å². The monoisotopic (exact) mass is 302 g/mol. The molecule has 0 spiro atoms. The first-order chi connectivity index (χ1) is 11.3. The minimum absolute atomic E-state index is 0.811. The van der Waals surface area contributed by atoms with E-state index in [1.807, 2.05) is 19.1 Å². The summed E-state index contributed by atoms with van der Waals surface area (Å²) in [6.07, 6.45) is 2.02. The highest BCUT2D eigenvalue weighted by atomic mass is 16.5. The first-order valence-electron chi connectivity index (χ1n) is 7.86. The van der Waals surface area contributed by atoms with Crippen molar-refractivity contribution in [3.63, 3.8) is 0 Å². The lowest BCUT2D eigenvalue weighted by molar-refractivity contribution is 0.415. The molecular weight excluding hydrogens is 284 g/mol. The van der Waals surface area contributed by atoms with E-state index in [4.69, 9.17) is 14.7 Å². The van der Waals surface area contributed by atoms with Gasteiger partial charge in [-0.05, 0) is 49.6 Å². The zero-order valence-corrected chi connectivity index (χ0v) is 13.3. The number of rotatable bonds is 2. The first-order valence-corrected chi connectivity index (χ1v) is 7.86. The van der Waals surface area contributed by atoms with Gasteiger partial charge in [0.2, 0.25) is 0 Å². The Bertz CT molecular complexity index is 869. The number of aryl methyl sites for hydroxylation is 2. The van der Waals surface area contributed by atoms with E-state index in [0.29, 0.717) is 0 Å². The number of methoxy groups -OCH3 is 1. The van der Waals surface area contributed by atoms with Crippen molar-refractivity contribution in [2.75, 3.05) is 7.11 Å². The Kier molecular flexibility index (Phi) is 3.34. The molecule has 23 heavy (non-hydrogen) atoms. The van der Waals surface area contributed by atoms with Crippen molar-refractivity contribution in [1.29, 1.82) is 0 Å². The van der Waals surface area contributed by atoms with Gasteiger partial charge >= 0.3 is 0 Å². The van der Waals surface area contributed by atoms with E-state index in [-0.39, 0.29) is 0 Å². The fourth-order valence-corrected chi connectivity index (χ4v) is 3.27. The van der Waals surface area contributed by atoms with Gasteiger partial charge in [-0.2, -0.15) is 0 Å². The predicted octanol–water partition coefficient (Wildman–Crippen LogP) is 4.23. The quantitative estimate of drug-likeness (QED) is 0.710. The highest BCUT2D eigenvalue weighted by Gasteiger charge is 2.22. The zero-order chi connectivity index (χ0) is 15.8. The van der Waals surface area contributed by atoms with Crippen LogP contribution in [0.1, 0.15) is 17.0 Å². The van der Waals surface area contributed by atoms with E-state index in [2.05, 4.69) is 36.4 Å². The third-order valence-corrected chi connectivity index (χ3v) is 4.40. The van der Waals surface area contributed by atoms with Crippen LogP contribution >= 0.6 is 0 Å². The van der Waals surface area contributed by atoms with Gasteiger partial charge in [0.05, 0.1) is 18.5 Å². The second-order valence-electron chi connectivity index (χ2n) is 5.83. The summed E-state index contributed by atoms with van der Waals surface area (Å²) in [5.74, 6) is 1.67. The fraction of sp³-hybridized carbons (Fsp3) is 0.200. The van der Waals surface area contributed by atoms with E-state index in [1.165, 1.54) is 16.7 Å². The molecule has 4 rings (SSSR count). The van der Waals surface area contributed by atoms with Crippen molar-refractivity contribution in [2.24, 2.45) is 0 Å². The molecule has 1 aliphatic rings. The minimum atomic E-state index is 0.811. The summed E-state index contributed by atoms with van der Waals surface area (Å²) in [4.78, 5) is 9.47. The van der Waals surface area contributed by atoms with Crippen molar-refractivity contribution in [2.45, 2.75) is 19.8 Å². The Morgan fingerprint density at radius 3 is 2.39 bits per heavy atom. The van der Waals surface area contributed by atoms with Gasteiger partial charge in [0.1, 0.15) is 11.6 Å². The van der Waals surface area contributed by atoms with Crippen LogP contribution in [0.15, 0.2) is 48.5 Å². The Hall–Kier alpha value is -2.68. The van der Waals surface area contributed by atoms with Crippen LogP contribution in [0.3, 0.4) is 0 Å². The lowest BCUT2D eigenvalue weighted by Gasteiger charge is -2.21. The summed E-state index contributed by atoms with van der Waals surface area (Å²) in [7, 11) is 1.68. The van der Waals surface area contributed by atoms with Gasteiger partial charge in [0.15, 0.2) is 0 Å². The molecular formula is C20H18N2O. The predicted molar refractivity (Wildman–Crippen MR) is 91.6 cm³/mol. The van der Waals surface area contributed by atoms with Gasteiger partial charge in [0.25, 0.3) is 0 Å². The highest BCUT2D eigenvalue weighted by molar-refractivity contribution is 5.77. The zero-order valence-electron chi connectivity index (χ0n) is 13.3.